The Morgan fingerprint density at radius 1 is 1.67 bits per heavy atom. The van der Waals surface area contributed by atoms with Crippen LogP contribution in [0.1, 0.15) is 13.8 Å². The van der Waals surface area contributed by atoms with E-state index in [1.54, 1.807) is 0 Å². The van der Waals surface area contributed by atoms with E-state index < -0.39 is 0 Å². The van der Waals surface area contributed by atoms with Crippen LogP contribution in [0.2, 0.25) is 0 Å². The third-order valence-corrected chi connectivity index (χ3v) is 2.02. The third-order valence-electron chi connectivity index (χ3n) is 2.02. The fraction of sp³-hybridized carbons (Fsp3) is 0.444. The van der Waals surface area contributed by atoms with E-state index in [1.165, 1.54) is 0 Å². The van der Waals surface area contributed by atoms with Gasteiger partial charge in [-0.15, -0.1) is 0 Å². The average Bonchev–Trinajstić information content (AvgIpc) is 2.27. The second-order valence-electron chi connectivity index (χ2n) is 3.13. The van der Waals surface area contributed by atoms with Crippen molar-refractivity contribution in [2.75, 3.05) is 6.54 Å². The SMILES string of the molecule is C=C1/C(=C/O)C(=O)CN1C(C)C. The zero-order chi connectivity index (χ0) is 9.30. The molecule has 66 valence electrons. The number of Topliss-reactive ketones (excluding diaryl/α,β-unsaturated/α-hetero) is 1. The first-order valence-corrected chi connectivity index (χ1v) is 3.91. The van der Waals surface area contributed by atoms with Crippen LogP contribution in [0.25, 0.3) is 0 Å². The highest BCUT2D eigenvalue weighted by molar-refractivity contribution is 6.03. The summed E-state index contributed by atoms with van der Waals surface area (Å²) in [5.41, 5.74) is 0.959. The van der Waals surface area contributed by atoms with Crippen molar-refractivity contribution < 1.29 is 9.90 Å². The Bertz CT molecular complexity index is 253. The summed E-state index contributed by atoms with van der Waals surface area (Å²) < 4.78 is 0. The summed E-state index contributed by atoms with van der Waals surface area (Å²) in [6, 6.07) is 0.249. The van der Waals surface area contributed by atoms with Gasteiger partial charge in [0.2, 0.25) is 0 Å². The van der Waals surface area contributed by atoms with Gasteiger partial charge < -0.3 is 10.0 Å². The highest BCUT2D eigenvalue weighted by atomic mass is 16.2. The van der Waals surface area contributed by atoms with Gasteiger partial charge in [-0.25, -0.2) is 0 Å². The summed E-state index contributed by atoms with van der Waals surface area (Å²) in [6.45, 7) is 8.04. The molecule has 0 amide bonds. The molecular formula is C9H13NO2. The maximum atomic E-state index is 11.2. The summed E-state index contributed by atoms with van der Waals surface area (Å²) in [7, 11) is 0. The predicted octanol–water partition coefficient (Wildman–Crippen LogP) is 1.24. The molecule has 0 aliphatic carbocycles. The number of nitrogens with zero attached hydrogens (tertiary/aromatic N) is 1. The molecule has 0 spiro atoms. The van der Waals surface area contributed by atoms with Crippen molar-refractivity contribution in [3.05, 3.63) is 24.1 Å². The van der Waals surface area contributed by atoms with Crippen LogP contribution < -0.4 is 0 Å². The molecule has 0 aromatic heterocycles. The number of rotatable bonds is 1. The fourth-order valence-electron chi connectivity index (χ4n) is 1.29. The van der Waals surface area contributed by atoms with Crippen molar-refractivity contribution in [1.82, 2.24) is 4.90 Å². The summed E-state index contributed by atoms with van der Waals surface area (Å²) in [5, 5.41) is 8.74. The second-order valence-corrected chi connectivity index (χ2v) is 3.13. The minimum absolute atomic E-state index is 0.0591. The third kappa shape index (κ3) is 1.22. The first-order valence-electron chi connectivity index (χ1n) is 3.91. The van der Waals surface area contributed by atoms with Gasteiger partial charge in [-0.1, -0.05) is 6.58 Å². The van der Waals surface area contributed by atoms with Crippen LogP contribution in [-0.2, 0) is 4.79 Å². The monoisotopic (exact) mass is 167 g/mol. The molecule has 12 heavy (non-hydrogen) atoms. The minimum atomic E-state index is -0.0591. The lowest BCUT2D eigenvalue weighted by Gasteiger charge is -2.22. The molecule has 3 heteroatoms. The molecule has 1 fully saturated rings. The summed E-state index contributed by atoms with van der Waals surface area (Å²) in [4.78, 5) is 13.1. The number of hydrogen-bond donors (Lipinski definition) is 1. The molecule has 0 saturated carbocycles. The topological polar surface area (TPSA) is 40.5 Å². The van der Waals surface area contributed by atoms with Crippen molar-refractivity contribution in [1.29, 1.82) is 0 Å². The first-order chi connectivity index (χ1) is 5.57. The van der Waals surface area contributed by atoms with Crippen LogP contribution in [0.5, 0.6) is 0 Å². The largest absolute Gasteiger partial charge is 0.515 e. The molecule has 1 N–H and O–H groups in total. The lowest BCUT2D eigenvalue weighted by molar-refractivity contribution is -0.114. The fourth-order valence-corrected chi connectivity index (χ4v) is 1.29. The molecule has 0 radical (unpaired) electrons. The molecule has 0 aromatic rings. The van der Waals surface area contributed by atoms with E-state index in [1.807, 2.05) is 18.7 Å². The number of aliphatic hydroxyl groups is 1. The lowest BCUT2D eigenvalue weighted by atomic mass is 10.2. The molecule has 1 aliphatic heterocycles. The Morgan fingerprint density at radius 2 is 2.25 bits per heavy atom. The summed E-state index contributed by atoms with van der Waals surface area (Å²) in [6.07, 6.45) is 0.840. The molecular weight excluding hydrogens is 154 g/mol. The zero-order valence-corrected chi connectivity index (χ0v) is 7.37. The number of carbonyl (C=O) groups is 1. The van der Waals surface area contributed by atoms with Gasteiger partial charge >= 0.3 is 0 Å². The van der Waals surface area contributed by atoms with Crippen molar-refractivity contribution in [2.45, 2.75) is 19.9 Å². The summed E-state index contributed by atoms with van der Waals surface area (Å²) in [5.74, 6) is -0.0591. The van der Waals surface area contributed by atoms with Crippen LogP contribution in [0.3, 0.4) is 0 Å². The Labute approximate surface area is 72.0 Å². The molecule has 0 bridgehead atoms. The molecule has 0 aromatic carbocycles. The van der Waals surface area contributed by atoms with Gasteiger partial charge in [-0.3, -0.25) is 4.79 Å². The molecule has 1 saturated heterocycles. The van der Waals surface area contributed by atoms with Crippen LogP contribution in [0.4, 0.5) is 0 Å². The van der Waals surface area contributed by atoms with E-state index >= 15 is 0 Å². The predicted molar refractivity (Wildman–Crippen MR) is 46.7 cm³/mol. The van der Waals surface area contributed by atoms with Crippen molar-refractivity contribution in [2.24, 2.45) is 0 Å². The summed E-state index contributed by atoms with van der Waals surface area (Å²) >= 11 is 0. The Morgan fingerprint density at radius 3 is 2.50 bits per heavy atom. The first kappa shape index (κ1) is 8.84. The average molecular weight is 167 g/mol. The molecule has 3 nitrogen and oxygen atoms in total. The number of likely N-dealkylation sites (tertiary alicyclic amines) is 1. The van der Waals surface area contributed by atoms with Gasteiger partial charge in [0.25, 0.3) is 0 Å². The van der Waals surface area contributed by atoms with Crippen LogP contribution >= 0.6 is 0 Å². The number of aliphatic hydroxyl groups excluding tert-OH is 1. The molecule has 0 atom stereocenters. The Hall–Kier alpha value is -1.25. The van der Waals surface area contributed by atoms with Crippen LogP contribution in [0.15, 0.2) is 24.1 Å². The van der Waals surface area contributed by atoms with Gasteiger partial charge in [-0.05, 0) is 13.8 Å². The molecule has 1 heterocycles. The molecule has 1 rings (SSSR count). The van der Waals surface area contributed by atoms with E-state index in [2.05, 4.69) is 6.58 Å². The quantitative estimate of drug-likeness (QED) is 0.471. The van der Waals surface area contributed by atoms with Crippen molar-refractivity contribution in [3.63, 3.8) is 0 Å². The maximum absolute atomic E-state index is 11.2. The highest BCUT2D eigenvalue weighted by Gasteiger charge is 2.29. The standard InChI is InChI=1S/C9H13NO2/c1-6(2)10-4-9(12)8(5-11)7(10)3/h5-6,11H,3-4H2,1-2H3/b8-5-. The van der Waals surface area contributed by atoms with Crippen molar-refractivity contribution in [3.8, 4) is 0 Å². The van der Waals surface area contributed by atoms with Crippen molar-refractivity contribution >= 4 is 5.78 Å². The normalized spacial score (nSPS) is 21.6. The van der Waals surface area contributed by atoms with Gasteiger partial charge in [0, 0.05) is 11.7 Å². The number of carbonyl (C=O) groups excluding carboxylic acids is 1. The number of allylic oxidation sites excluding steroid dienone is 1. The Balaban J connectivity index is 2.91. The van der Waals surface area contributed by atoms with Gasteiger partial charge in [0.15, 0.2) is 5.78 Å². The van der Waals surface area contributed by atoms with E-state index in [4.69, 9.17) is 5.11 Å². The Kier molecular flexibility index (Phi) is 2.22. The molecule has 0 unspecified atom stereocenters. The van der Waals surface area contributed by atoms with Gasteiger partial charge in [-0.2, -0.15) is 0 Å². The smallest absolute Gasteiger partial charge is 0.187 e. The lowest BCUT2D eigenvalue weighted by Crippen LogP contribution is -2.26. The van der Waals surface area contributed by atoms with E-state index in [9.17, 15) is 4.79 Å². The second kappa shape index (κ2) is 3.01. The zero-order valence-electron chi connectivity index (χ0n) is 7.37. The van der Waals surface area contributed by atoms with Crippen LogP contribution in [0, 0.1) is 0 Å². The van der Waals surface area contributed by atoms with E-state index in [0.717, 1.165) is 6.26 Å². The highest BCUT2D eigenvalue weighted by Crippen LogP contribution is 2.24. The minimum Gasteiger partial charge on any atom is -0.515 e. The molecule has 1 aliphatic rings. The van der Waals surface area contributed by atoms with E-state index in [0.29, 0.717) is 17.8 Å². The van der Waals surface area contributed by atoms with Gasteiger partial charge in [0.05, 0.1) is 18.4 Å². The number of hydrogen-bond acceptors (Lipinski definition) is 3. The van der Waals surface area contributed by atoms with E-state index in [-0.39, 0.29) is 11.8 Å². The van der Waals surface area contributed by atoms with Crippen LogP contribution in [-0.4, -0.2) is 28.4 Å². The van der Waals surface area contributed by atoms with Gasteiger partial charge in [0.1, 0.15) is 0 Å². The number of ketones is 1. The maximum Gasteiger partial charge on any atom is 0.187 e.